The molecule has 39 heavy (non-hydrogen) atoms. The van der Waals surface area contributed by atoms with E-state index in [4.69, 9.17) is 0 Å². The van der Waals surface area contributed by atoms with E-state index < -0.39 is 48.6 Å². The number of hydrogen-bond donors (Lipinski definition) is 2. The summed E-state index contributed by atoms with van der Waals surface area (Å²) in [5.41, 5.74) is 1.72. The Morgan fingerprint density at radius 3 is 2.79 bits per heavy atom. The van der Waals surface area contributed by atoms with E-state index in [2.05, 4.69) is 24.8 Å². The monoisotopic (exact) mass is 540 g/mol. The Balaban J connectivity index is 1.33. The fourth-order valence-corrected chi connectivity index (χ4v) is 4.19. The topological polar surface area (TPSA) is 131 Å². The van der Waals surface area contributed by atoms with Crippen molar-refractivity contribution in [2.24, 2.45) is 0 Å². The number of aromatic amines is 1. The number of nitrogens with one attached hydrogen (secondary N) is 2. The van der Waals surface area contributed by atoms with Crippen molar-refractivity contribution >= 4 is 35.1 Å². The number of halogens is 2. The van der Waals surface area contributed by atoms with Gasteiger partial charge in [-0.05, 0) is 42.7 Å². The number of rotatable bonds is 8. The van der Waals surface area contributed by atoms with Gasteiger partial charge in [-0.15, -0.1) is 0 Å². The summed E-state index contributed by atoms with van der Waals surface area (Å²) in [4.78, 5) is 56.9. The zero-order valence-corrected chi connectivity index (χ0v) is 21.0. The molecule has 2 N–H and O–H groups in total. The number of amides is 2. The normalized spacial score (nSPS) is 15.5. The number of ether oxygens (including phenoxy) is 2. The molecule has 2 heterocycles. The van der Waals surface area contributed by atoms with Crippen LogP contribution in [0.4, 0.5) is 13.6 Å². The molecule has 1 fully saturated rings. The summed E-state index contributed by atoms with van der Waals surface area (Å²) in [7, 11) is 1.22. The first kappa shape index (κ1) is 27.4. The van der Waals surface area contributed by atoms with Gasteiger partial charge in [-0.2, -0.15) is 8.78 Å². The van der Waals surface area contributed by atoms with Gasteiger partial charge in [0.05, 0.1) is 18.1 Å². The maximum atomic E-state index is 14.4. The van der Waals surface area contributed by atoms with Gasteiger partial charge in [0, 0.05) is 12.1 Å². The lowest BCUT2D eigenvalue weighted by Crippen LogP contribution is -2.46. The van der Waals surface area contributed by atoms with Crippen LogP contribution < -0.4 is 10.9 Å². The molecule has 0 radical (unpaired) electrons. The number of aromatic nitrogens is 2. The van der Waals surface area contributed by atoms with Crippen molar-refractivity contribution in [2.75, 3.05) is 26.8 Å². The number of para-hydroxylation sites is 2. The lowest BCUT2D eigenvalue weighted by Gasteiger charge is -2.22. The molecule has 2 amide bonds. The lowest BCUT2D eigenvalue weighted by molar-refractivity contribution is -0.150. The zero-order valence-electron chi connectivity index (χ0n) is 21.0. The number of esters is 1. The fourth-order valence-electron chi connectivity index (χ4n) is 4.19. The number of hydrogen-bond acceptors (Lipinski definition) is 7. The molecule has 1 saturated heterocycles. The van der Waals surface area contributed by atoms with Crippen LogP contribution >= 0.6 is 0 Å². The number of likely N-dealkylation sites (tertiary alicyclic amines) is 1. The number of carbonyl (C=O) groups excluding carboxylic acids is 3. The summed E-state index contributed by atoms with van der Waals surface area (Å²) in [6, 6.07) is 12.7. The molecular weight excluding hydrogens is 514 g/mol. The van der Waals surface area contributed by atoms with Crippen LogP contribution in [0.15, 0.2) is 59.4 Å². The molecule has 0 aliphatic carbocycles. The van der Waals surface area contributed by atoms with Crippen molar-refractivity contribution in [3.05, 3.63) is 70.5 Å². The summed E-state index contributed by atoms with van der Waals surface area (Å²) in [6.45, 7) is -1.45. The van der Waals surface area contributed by atoms with Crippen LogP contribution in [-0.4, -0.2) is 71.6 Å². The molecule has 3 aromatic rings. The Hall–Kier alpha value is -4.61. The van der Waals surface area contributed by atoms with Crippen molar-refractivity contribution in [1.82, 2.24) is 20.2 Å². The van der Waals surface area contributed by atoms with Crippen molar-refractivity contribution in [3.63, 3.8) is 0 Å². The highest BCUT2D eigenvalue weighted by Gasteiger charge is 2.35. The Morgan fingerprint density at radius 2 is 2.00 bits per heavy atom. The van der Waals surface area contributed by atoms with E-state index in [1.54, 1.807) is 42.5 Å². The molecule has 0 bridgehead atoms. The summed E-state index contributed by atoms with van der Waals surface area (Å²) < 4.78 is 38.0. The minimum absolute atomic E-state index is 0.150. The van der Waals surface area contributed by atoms with Gasteiger partial charge in [0.1, 0.15) is 18.3 Å². The van der Waals surface area contributed by atoms with Gasteiger partial charge >= 0.3 is 12.1 Å². The molecule has 10 nitrogen and oxygen atoms in total. The van der Waals surface area contributed by atoms with E-state index in [0.717, 1.165) is 6.08 Å². The molecule has 1 aromatic heterocycles. The molecule has 0 spiro atoms. The predicted molar refractivity (Wildman–Crippen MR) is 138 cm³/mol. The van der Waals surface area contributed by atoms with Gasteiger partial charge in [-0.1, -0.05) is 36.4 Å². The summed E-state index contributed by atoms with van der Waals surface area (Å²) >= 11 is 0. The lowest BCUT2D eigenvalue weighted by atomic mass is 10.1. The average Bonchev–Trinajstić information content (AvgIpc) is 3.43. The number of H-pyrrole nitrogens is 1. The second-order valence-corrected chi connectivity index (χ2v) is 8.85. The van der Waals surface area contributed by atoms with Crippen molar-refractivity contribution < 1.29 is 32.6 Å². The minimum Gasteiger partial charge on any atom is -0.467 e. The van der Waals surface area contributed by atoms with Gasteiger partial charge in [-0.3, -0.25) is 9.59 Å². The zero-order chi connectivity index (χ0) is 28.0. The smallest absolute Gasteiger partial charge is 0.407 e. The standard InChI is InChI=1S/C27H26F2N4O6/c1-38-25(36)21-10-5-13-33(21)22(34)15-30-26(37)39-16-27(28,29)12-11-17-6-4-7-18(14-17)23-24(35)32-20-9-3-2-8-19(20)31-23/h2-4,6-9,11-12,14,21H,5,10,13,15-16H2,1H3,(H,30,37)(H,32,35)/b12-11+. The highest BCUT2D eigenvalue weighted by Crippen LogP contribution is 2.22. The van der Waals surface area contributed by atoms with E-state index in [1.807, 2.05) is 0 Å². The molecule has 12 heteroatoms. The first-order valence-corrected chi connectivity index (χ1v) is 12.1. The maximum absolute atomic E-state index is 14.4. The van der Waals surface area contributed by atoms with Crippen LogP contribution in [0.3, 0.4) is 0 Å². The van der Waals surface area contributed by atoms with Crippen molar-refractivity contribution in [2.45, 2.75) is 24.8 Å². The van der Waals surface area contributed by atoms with Crippen LogP contribution in [0, 0.1) is 0 Å². The number of benzene rings is 2. The van der Waals surface area contributed by atoms with Crippen molar-refractivity contribution in [1.29, 1.82) is 0 Å². The molecule has 204 valence electrons. The highest BCUT2D eigenvalue weighted by atomic mass is 19.3. The molecule has 1 aliphatic heterocycles. The molecular formula is C27H26F2N4O6. The van der Waals surface area contributed by atoms with Crippen LogP contribution in [0.1, 0.15) is 18.4 Å². The van der Waals surface area contributed by atoms with E-state index in [1.165, 1.54) is 18.1 Å². The van der Waals surface area contributed by atoms with Crippen LogP contribution in [0.5, 0.6) is 0 Å². The number of methoxy groups -OCH3 is 1. The van der Waals surface area contributed by atoms with Crippen LogP contribution in [0.2, 0.25) is 0 Å². The van der Waals surface area contributed by atoms with Gasteiger partial charge in [0.25, 0.3) is 11.5 Å². The second kappa shape index (κ2) is 11.8. The highest BCUT2D eigenvalue weighted by molar-refractivity contribution is 5.87. The molecule has 4 rings (SSSR count). The summed E-state index contributed by atoms with van der Waals surface area (Å²) in [5.74, 6) is -4.62. The molecule has 1 unspecified atom stereocenters. The molecule has 1 atom stereocenters. The molecule has 0 saturated carbocycles. The van der Waals surface area contributed by atoms with Gasteiger partial charge < -0.3 is 24.7 Å². The number of carbonyl (C=O) groups is 3. The largest absolute Gasteiger partial charge is 0.467 e. The number of nitrogens with zero attached hydrogens (tertiary/aromatic N) is 2. The average molecular weight is 541 g/mol. The first-order chi connectivity index (χ1) is 18.7. The predicted octanol–water partition coefficient (Wildman–Crippen LogP) is 3.13. The van der Waals surface area contributed by atoms with Crippen molar-refractivity contribution in [3.8, 4) is 11.3 Å². The Bertz CT molecular complexity index is 1470. The number of alkyl carbamates (subject to hydrolysis) is 1. The van der Waals surface area contributed by atoms with E-state index >= 15 is 0 Å². The second-order valence-electron chi connectivity index (χ2n) is 8.85. The summed E-state index contributed by atoms with van der Waals surface area (Å²) in [6.07, 6.45) is 1.57. The third-order valence-electron chi connectivity index (χ3n) is 6.11. The number of fused-ring (bicyclic) bond motifs is 1. The molecule has 2 aromatic carbocycles. The SMILES string of the molecule is COC(=O)C1CCCN1C(=O)CNC(=O)OCC(F)(F)/C=C/c1cccc(-c2nc3ccccc3[nH]c2=O)c1. The maximum Gasteiger partial charge on any atom is 0.407 e. The Morgan fingerprint density at radius 1 is 1.21 bits per heavy atom. The quantitative estimate of drug-likeness (QED) is 0.420. The van der Waals surface area contributed by atoms with Crippen LogP contribution in [0.25, 0.3) is 28.4 Å². The van der Waals surface area contributed by atoms with Gasteiger partial charge in [0.15, 0.2) is 6.61 Å². The van der Waals surface area contributed by atoms with E-state index in [-0.39, 0.29) is 5.69 Å². The van der Waals surface area contributed by atoms with Gasteiger partial charge in [0.2, 0.25) is 5.91 Å². The van der Waals surface area contributed by atoms with E-state index in [0.29, 0.717) is 47.6 Å². The minimum atomic E-state index is -3.51. The van der Waals surface area contributed by atoms with Crippen LogP contribution in [-0.2, 0) is 19.1 Å². The number of alkyl halides is 2. The Labute approximate surface area is 221 Å². The first-order valence-electron chi connectivity index (χ1n) is 12.1. The third kappa shape index (κ3) is 6.83. The third-order valence-corrected chi connectivity index (χ3v) is 6.11. The van der Waals surface area contributed by atoms with E-state index in [9.17, 15) is 28.0 Å². The Kier molecular flexibility index (Phi) is 8.33. The fraction of sp³-hybridized carbons (Fsp3) is 0.296. The van der Waals surface area contributed by atoms with Gasteiger partial charge in [-0.25, -0.2) is 14.6 Å². The summed E-state index contributed by atoms with van der Waals surface area (Å²) in [5, 5.41) is 2.13. The molecule has 1 aliphatic rings.